The molecule has 0 fully saturated rings. The molecule has 0 atom stereocenters. The molecule has 0 saturated heterocycles. The zero-order valence-electron chi connectivity index (χ0n) is 14.3. The topological polar surface area (TPSA) is 90.2 Å². The lowest BCUT2D eigenvalue weighted by molar-refractivity contribution is -0.387. The van der Waals surface area contributed by atoms with Crippen LogP contribution in [0.25, 0.3) is 0 Å². The highest BCUT2D eigenvalue weighted by Gasteiger charge is 2.24. The monoisotopic (exact) mass is 402 g/mol. The molecule has 1 N–H and O–H groups in total. The van der Waals surface area contributed by atoms with Crippen molar-refractivity contribution in [1.82, 2.24) is 9.97 Å². The minimum absolute atomic E-state index is 0.0959. The maximum Gasteiger partial charge on any atom is 0.343 e. The quantitative estimate of drug-likeness (QED) is 0.324. The Labute approximate surface area is 164 Å². The van der Waals surface area contributed by atoms with Crippen molar-refractivity contribution in [1.29, 1.82) is 0 Å². The van der Waals surface area contributed by atoms with Gasteiger partial charge in [0.2, 0.25) is 5.82 Å². The summed E-state index contributed by atoms with van der Waals surface area (Å²) in [6.07, 6.45) is 1.29. The first kappa shape index (κ1) is 18.9. The predicted molar refractivity (Wildman–Crippen MR) is 105 cm³/mol. The smallest absolute Gasteiger partial charge is 0.343 e. The van der Waals surface area contributed by atoms with Gasteiger partial charge in [0, 0.05) is 9.92 Å². The molecule has 0 spiro atoms. The molecule has 3 aromatic rings. The van der Waals surface area contributed by atoms with Gasteiger partial charge in [-0.2, -0.15) is 0 Å². The van der Waals surface area contributed by atoms with E-state index in [0.717, 1.165) is 4.90 Å². The summed E-state index contributed by atoms with van der Waals surface area (Å²) >= 11 is 7.06. The predicted octanol–water partition coefficient (Wildman–Crippen LogP) is 5.33. The van der Waals surface area contributed by atoms with E-state index in [1.165, 1.54) is 18.1 Å². The number of para-hydroxylation sites is 2. The summed E-state index contributed by atoms with van der Waals surface area (Å²) in [4.78, 5) is 20.1. The maximum absolute atomic E-state index is 11.7. The van der Waals surface area contributed by atoms with Crippen LogP contribution in [0.5, 0.6) is 5.75 Å². The number of hydrogen-bond acceptors (Lipinski definition) is 7. The molecule has 138 valence electrons. The lowest BCUT2D eigenvalue weighted by Gasteiger charge is -2.12. The van der Waals surface area contributed by atoms with Gasteiger partial charge in [-0.3, -0.25) is 10.1 Å². The number of benzene rings is 2. The van der Waals surface area contributed by atoms with Crippen LogP contribution >= 0.6 is 23.4 Å². The van der Waals surface area contributed by atoms with Gasteiger partial charge < -0.3 is 10.1 Å². The highest BCUT2D eigenvalue weighted by Crippen LogP contribution is 2.38. The number of ether oxygens (including phenoxy) is 1. The Morgan fingerprint density at radius 3 is 2.63 bits per heavy atom. The molecule has 0 bridgehead atoms. The highest BCUT2D eigenvalue weighted by atomic mass is 35.5. The Morgan fingerprint density at radius 1 is 1.19 bits per heavy atom. The fourth-order valence-electron chi connectivity index (χ4n) is 2.29. The third kappa shape index (κ3) is 4.66. The number of nitrogens with one attached hydrogen (secondary N) is 1. The molecule has 0 unspecified atom stereocenters. The second-order valence-corrected chi connectivity index (χ2v) is 6.74. The van der Waals surface area contributed by atoms with Crippen LogP contribution in [0.3, 0.4) is 0 Å². The molecule has 1 aromatic heterocycles. The number of nitro groups is 1. The van der Waals surface area contributed by atoms with E-state index in [1.54, 1.807) is 42.5 Å². The van der Waals surface area contributed by atoms with Crippen molar-refractivity contribution in [3.8, 4) is 5.75 Å². The standard InChI is InChI=1S/C18H15ClN4O3S/c1-2-26-15-6-4-3-5-14(15)22-17-16(23(24)25)18(21-11-20-17)27-13-9-7-12(19)8-10-13/h3-11H,2H2,1H3,(H,20,21,22). The van der Waals surface area contributed by atoms with Crippen molar-refractivity contribution in [3.63, 3.8) is 0 Å². The minimum atomic E-state index is -0.496. The molecule has 2 aromatic carbocycles. The normalized spacial score (nSPS) is 10.4. The third-order valence-electron chi connectivity index (χ3n) is 3.44. The van der Waals surface area contributed by atoms with Crippen LogP contribution < -0.4 is 10.1 Å². The number of halogens is 1. The molecule has 0 aliphatic rings. The van der Waals surface area contributed by atoms with E-state index < -0.39 is 4.92 Å². The van der Waals surface area contributed by atoms with Gasteiger partial charge in [0.25, 0.3) is 0 Å². The third-order valence-corrected chi connectivity index (χ3v) is 4.69. The number of rotatable bonds is 7. The number of hydrogen-bond donors (Lipinski definition) is 1. The first-order valence-corrected chi connectivity index (χ1v) is 9.19. The van der Waals surface area contributed by atoms with Crippen LogP contribution in [0.4, 0.5) is 17.2 Å². The molecular weight excluding hydrogens is 388 g/mol. The van der Waals surface area contributed by atoms with E-state index in [0.29, 0.717) is 23.1 Å². The van der Waals surface area contributed by atoms with E-state index in [9.17, 15) is 10.1 Å². The van der Waals surface area contributed by atoms with Gasteiger partial charge in [0.1, 0.15) is 12.1 Å². The lowest BCUT2D eigenvalue weighted by atomic mass is 10.3. The van der Waals surface area contributed by atoms with Gasteiger partial charge in [-0.25, -0.2) is 9.97 Å². The molecule has 1 heterocycles. The molecule has 9 heteroatoms. The van der Waals surface area contributed by atoms with Crippen molar-refractivity contribution in [2.45, 2.75) is 16.8 Å². The molecular formula is C18H15ClN4O3S. The van der Waals surface area contributed by atoms with Crippen molar-refractivity contribution < 1.29 is 9.66 Å². The second kappa shape index (κ2) is 8.70. The van der Waals surface area contributed by atoms with Crippen molar-refractivity contribution in [2.75, 3.05) is 11.9 Å². The number of nitrogens with zero attached hydrogens (tertiary/aromatic N) is 3. The van der Waals surface area contributed by atoms with Gasteiger partial charge in [-0.15, -0.1) is 0 Å². The molecule has 0 aliphatic heterocycles. The molecule has 0 saturated carbocycles. The van der Waals surface area contributed by atoms with E-state index in [2.05, 4.69) is 15.3 Å². The van der Waals surface area contributed by atoms with E-state index in [-0.39, 0.29) is 16.5 Å². The van der Waals surface area contributed by atoms with Crippen LogP contribution in [-0.4, -0.2) is 21.5 Å². The zero-order valence-corrected chi connectivity index (χ0v) is 15.8. The molecule has 3 rings (SSSR count). The molecule has 27 heavy (non-hydrogen) atoms. The fourth-order valence-corrected chi connectivity index (χ4v) is 3.28. The highest BCUT2D eigenvalue weighted by molar-refractivity contribution is 7.99. The van der Waals surface area contributed by atoms with E-state index >= 15 is 0 Å². The van der Waals surface area contributed by atoms with Gasteiger partial charge in [-0.05, 0) is 43.3 Å². The summed E-state index contributed by atoms with van der Waals surface area (Å²) < 4.78 is 5.55. The summed E-state index contributed by atoms with van der Waals surface area (Å²) in [5.41, 5.74) is 0.382. The summed E-state index contributed by atoms with van der Waals surface area (Å²) in [5, 5.41) is 15.5. The first-order valence-electron chi connectivity index (χ1n) is 8.00. The van der Waals surface area contributed by atoms with Crippen molar-refractivity contribution in [3.05, 3.63) is 70.0 Å². The van der Waals surface area contributed by atoms with E-state index in [1.807, 2.05) is 13.0 Å². The van der Waals surface area contributed by atoms with Crippen LogP contribution in [0, 0.1) is 10.1 Å². The average molecular weight is 403 g/mol. The average Bonchev–Trinajstić information content (AvgIpc) is 2.65. The van der Waals surface area contributed by atoms with Gasteiger partial charge in [-0.1, -0.05) is 35.5 Å². The van der Waals surface area contributed by atoms with Crippen LogP contribution in [0.2, 0.25) is 5.02 Å². The van der Waals surface area contributed by atoms with Crippen molar-refractivity contribution >= 4 is 40.6 Å². The van der Waals surface area contributed by atoms with Crippen molar-refractivity contribution in [2.24, 2.45) is 0 Å². The Bertz CT molecular complexity index is 954. The van der Waals surface area contributed by atoms with E-state index in [4.69, 9.17) is 16.3 Å². The Balaban J connectivity index is 1.97. The zero-order chi connectivity index (χ0) is 19.2. The summed E-state index contributed by atoms with van der Waals surface area (Å²) in [6.45, 7) is 2.34. The van der Waals surface area contributed by atoms with Gasteiger partial charge >= 0.3 is 5.69 Å². The Hall–Kier alpha value is -2.84. The molecule has 7 nitrogen and oxygen atoms in total. The minimum Gasteiger partial charge on any atom is -0.492 e. The largest absolute Gasteiger partial charge is 0.492 e. The molecule has 0 radical (unpaired) electrons. The van der Waals surface area contributed by atoms with Crippen LogP contribution in [0.15, 0.2) is 64.8 Å². The Kier molecular flexibility index (Phi) is 6.10. The second-order valence-electron chi connectivity index (χ2n) is 5.24. The number of aromatic nitrogens is 2. The summed E-state index contributed by atoms with van der Waals surface area (Å²) in [6, 6.07) is 14.2. The number of anilines is 2. The summed E-state index contributed by atoms with van der Waals surface area (Å²) in [5.74, 6) is 0.679. The molecule has 0 amide bonds. The van der Waals surface area contributed by atoms with Crippen LogP contribution in [0.1, 0.15) is 6.92 Å². The maximum atomic E-state index is 11.7. The van der Waals surface area contributed by atoms with Crippen LogP contribution in [-0.2, 0) is 0 Å². The van der Waals surface area contributed by atoms with Gasteiger partial charge in [0.05, 0.1) is 17.2 Å². The first-order chi connectivity index (χ1) is 13.1. The fraction of sp³-hybridized carbons (Fsp3) is 0.111. The molecule has 0 aliphatic carbocycles. The Morgan fingerprint density at radius 2 is 1.93 bits per heavy atom. The van der Waals surface area contributed by atoms with Gasteiger partial charge in [0.15, 0.2) is 5.03 Å². The SMILES string of the molecule is CCOc1ccccc1Nc1ncnc(Sc2ccc(Cl)cc2)c1[N+](=O)[O-]. The summed E-state index contributed by atoms with van der Waals surface area (Å²) in [7, 11) is 0. The lowest BCUT2D eigenvalue weighted by Crippen LogP contribution is -2.04.